The molecule has 21 heavy (non-hydrogen) atoms. The van der Waals surface area contributed by atoms with Gasteiger partial charge in [-0.25, -0.2) is 4.99 Å². The number of benzene rings is 2. The summed E-state index contributed by atoms with van der Waals surface area (Å²) in [5.74, 6) is 0.594. The van der Waals surface area contributed by atoms with Crippen LogP contribution in [0.4, 0.5) is 5.69 Å². The minimum atomic E-state index is -0.0269. The van der Waals surface area contributed by atoms with E-state index in [2.05, 4.69) is 10.3 Å². The van der Waals surface area contributed by atoms with Crippen LogP contribution in [-0.4, -0.2) is 23.3 Å². The molecule has 5 heteroatoms. The van der Waals surface area contributed by atoms with Crippen LogP contribution in [0.2, 0.25) is 5.02 Å². The minimum Gasteiger partial charge on any atom is -0.329 e. The Kier molecular flexibility index (Phi) is 2.72. The molecule has 4 nitrogen and oxygen atoms in total. The highest BCUT2D eigenvalue weighted by atomic mass is 35.5. The second kappa shape index (κ2) is 4.60. The van der Waals surface area contributed by atoms with Crippen LogP contribution in [0.15, 0.2) is 47.5 Å². The largest absolute Gasteiger partial charge is 0.329 e. The monoisotopic (exact) mass is 297 g/mol. The maximum absolute atomic E-state index is 11.5. The van der Waals surface area contributed by atoms with Gasteiger partial charge in [0.1, 0.15) is 6.54 Å². The van der Waals surface area contributed by atoms with Gasteiger partial charge in [-0.3, -0.25) is 10.1 Å². The summed E-state index contributed by atoms with van der Waals surface area (Å²) in [4.78, 5) is 17.9. The third-order valence-electron chi connectivity index (χ3n) is 3.76. The molecule has 104 valence electrons. The van der Waals surface area contributed by atoms with Gasteiger partial charge in [0.25, 0.3) is 0 Å². The van der Waals surface area contributed by atoms with Crippen molar-refractivity contribution in [2.24, 2.45) is 4.99 Å². The van der Waals surface area contributed by atoms with E-state index in [1.807, 2.05) is 47.4 Å². The number of hydrogen-bond acceptors (Lipinski definition) is 3. The van der Waals surface area contributed by atoms with E-state index >= 15 is 0 Å². The van der Waals surface area contributed by atoms with Crippen LogP contribution in [0.5, 0.6) is 0 Å². The predicted molar refractivity (Wildman–Crippen MR) is 82.5 cm³/mol. The van der Waals surface area contributed by atoms with E-state index in [9.17, 15) is 4.79 Å². The quantitative estimate of drug-likeness (QED) is 0.879. The Morgan fingerprint density at radius 3 is 2.71 bits per heavy atom. The summed E-state index contributed by atoms with van der Waals surface area (Å²) in [6, 6.07) is 14.0. The molecule has 1 saturated heterocycles. The SMILES string of the molecule is O=C1CN2Cc3c(ccc(-c4ccccc4)c3Cl)N=C2N1. The Morgan fingerprint density at radius 1 is 1.10 bits per heavy atom. The normalized spacial score (nSPS) is 16.1. The van der Waals surface area contributed by atoms with Crippen molar-refractivity contribution >= 4 is 29.2 Å². The lowest BCUT2D eigenvalue weighted by Gasteiger charge is -2.24. The fraction of sp³-hybridized carbons (Fsp3) is 0.125. The number of fused-ring (bicyclic) bond motifs is 2. The number of nitrogens with zero attached hydrogens (tertiary/aromatic N) is 2. The highest BCUT2D eigenvalue weighted by Gasteiger charge is 2.30. The Balaban J connectivity index is 1.82. The number of halogens is 1. The molecule has 2 heterocycles. The molecule has 0 bridgehead atoms. The molecule has 2 aliphatic heterocycles. The van der Waals surface area contributed by atoms with E-state index in [1.54, 1.807) is 0 Å². The molecule has 0 spiro atoms. The number of nitrogens with one attached hydrogen (secondary N) is 1. The Morgan fingerprint density at radius 2 is 1.90 bits per heavy atom. The number of carbonyl (C=O) groups is 1. The number of aliphatic imine (C=N–C) groups is 1. The third-order valence-corrected chi connectivity index (χ3v) is 4.20. The highest BCUT2D eigenvalue weighted by molar-refractivity contribution is 6.34. The number of carbonyl (C=O) groups excluding carboxylic acids is 1. The van der Waals surface area contributed by atoms with Crippen molar-refractivity contribution in [3.63, 3.8) is 0 Å². The molecule has 1 amide bonds. The van der Waals surface area contributed by atoms with Crippen LogP contribution in [0.3, 0.4) is 0 Å². The molecule has 0 aromatic heterocycles. The summed E-state index contributed by atoms with van der Waals surface area (Å²) in [6.45, 7) is 0.941. The Bertz CT molecular complexity index is 771. The molecule has 1 N–H and O–H groups in total. The van der Waals surface area contributed by atoms with E-state index in [1.165, 1.54) is 0 Å². The number of guanidine groups is 1. The first kappa shape index (κ1) is 12.4. The average molecular weight is 298 g/mol. The zero-order valence-electron chi connectivity index (χ0n) is 11.1. The first-order valence-electron chi connectivity index (χ1n) is 6.72. The van der Waals surface area contributed by atoms with Crippen LogP contribution in [0.1, 0.15) is 5.56 Å². The molecular formula is C16H12ClN3O. The van der Waals surface area contributed by atoms with Gasteiger partial charge in [0.15, 0.2) is 0 Å². The van der Waals surface area contributed by atoms with Crippen molar-refractivity contribution in [2.45, 2.75) is 6.54 Å². The fourth-order valence-corrected chi connectivity index (χ4v) is 3.06. The van der Waals surface area contributed by atoms with Gasteiger partial charge in [0.2, 0.25) is 11.9 Å². The summed E-state index contributed by atoms with van der Waals surface area (Å²) in [6.07, 6.45) is 0. The van der Waals surface area contributed by atoms with Crippen LogP contribution < -0.4 is 5.32 Å². The van der Waals surface area contributed by atoms with Gasteiger partial charge < -0.3 is 4.90 Å². The molecule has 0 atom stereocenters. The van der Waals surface area contributed by atoms with Crippen molar-refractivity contribution in [3.05, 3.63) is 53.1 Å². The first-order valence-corrected chi connectivity index (χ1v) is 7.10. The zero-order valence-corrected chi connectivity index (χ0v) is 11.9. The fourth-order valence-electron chi connectivity index (χ4n) is 2.73. The van der Waals surface area contributed by atoms with Crippen molar-refractivity contribution in [1.82, 2.24) is 10.2 Å². The van der Waals surface area contributed by atoms with Crippen LogP contribution in [-0.2, 0) is 11.3 Å². The standard InChI is InChI=1S/C16H12ClN3O/c17-15-11(10-4-2-1-3-5-10)6-7-13-12(15)8-20-9-14(21)19-16(20)18-13/h1-7H,8-9H2,(H,18,19,21). The second-order valence-electron chi connectivity index (χ2n) is 5.13. The number of amides is 1. The predicted octanol–water partition coefficient (Wildman–Crippen LogP) is 2.94. The van der Waals surface area contributed by atoms with E-state index in [-0.39, 0.29) is 5.91 Å². The molecule has 4 rings (SSSR count). The zero-order chi connectivity index (χ0) is 14.4. The summed E-state index contributed by atoms with van der Waals surface area (Å²) in [5, 5.41) is 3.47. The minimum absolute atomic E-state index is 0.0269. The van der Waals surface area contributed by atoms with Crippen LogP contribution in [0, 0.1) is 0 Å². The van der Waals surface area contributed by atoms with E-state index in [0.717, 1.165) is 22.4 Å². The van der Waals surface area contributed by atoms with E-state index in [4.69, 9.17) is 11.6 Å². The summed E-state index contributed by atoms with van der Waals surface area (Å²) >= 11 is 6.59. The lowest BCUT2D eigenvalue weighted by molar-refractivity contribution is -0.118. The number of hydrogen-bond donors (Lipinski definition) is 1. The van der Waals surface area contributed by atoms with Gasteiger partial charge >= 0.3 is 0 Å². The molecule has 1 fully saturated rings. The maximum Gasteiger partial charge on any atom is 0.246 e. The topological polar surface area (TPSA) is 44.7 Å². The third kappa shape index (κ3) is 1.99. The van der Waals surface area contributed by atoms with Gasteiger partial charge in [-0.05, 0) is 11.6 Å². The molecule has 0 radical (unpaired) electrons. The van der Waals surface area contributed by atoms with Gasteiger partial charge in [0.05, 0.1) is 10.7 Å². The van der Waals surface area contributed by atoms with Gasteiger partial charge in [0, 0.05) is 17.7 Å². The van der Waals surface area contributed by atoms with Crippen LogP contribution >= 0.6 is 11.6 Å². The second-order valence-corrected chi connectivity index (χ2v) is 5.51. The lowest BCUT2D eigenvalue weighted by Crippen LogP contribution is -2.32. The lowest BCUT2D eigenvalue weighted by atomic mass is 10.0. The molecule has 2 aromatic carbocycles. The van der Waals surface area contributed by atoms with Crippen LogP contribution in [0.25, 0.3) is 11.1 Å². The molecule has 2 aromatic rings. The molecule has 0 unspecified atom stereocenters. The molecule has 2 aliphatic rings. The smallest absolute Gasteiger partial charge is 0.246 e. The molecular weight excluding hydrogens is 286 g/mol. The highest BCUT2D eigenvalue weighted by Crippen LogP contribution is 2.39. The van der Waals surface area contributed by atoms with Crippen molar-refractivity contribution in [3.8, 4) is 11.1 Å². The Labute approximate surface area is 127 Å². The number of rotatable bonds is 1. The molecule has 0 aliphatic carbocycles. The summed E-state index contributed by atoms with van der Waals surface area (Å²) in [5.41, 5.74) is 3.87. The Hall–Kier alpha value is -2.33. The van der Waals surface area contributed by atoms with E-state index in [0.29, 0.717) is 24.1 Å². The molecule has 0 saturated carbocycles. The average Bonchev–Trinajstić information content (AvgIpc) is 2.86. The van der Waals surface area contributed by atoms with Gasteiger partial charge in [-0.1, -0.05) is 48.0 Å². The van der Waals surface area contributed by atoms with Gasteiger partial charge in [-0.2, -0.15) is 0 Å². The van der Waals surface area contributed by atoms with Gasteiger partial charge in [-0.15, -0.1) is 0 Å². The van der Waals surface area contributed by atoms with Crippen molar-refractivity contribution < 1.29 is 4.79 Å². The summed E-state index contributed by atoms with van der Waals surface area (Å²) in [7, 11) is 0. The summed E-state index contributed by atoms with van der Waals surface area (Å²) < 4.78 is 0. The maximum atomic E-state index is 11.5. The first-order chi connectivity index (χ1) is 10.2. The van der Waals surface area contributed by atoms with Crippen molar-refractivity contribution in [1.29, 1.82) is 0 Å². The van der Waals surface area contributed by atoms with E-state index < -0.39 is 0 Å². The van der Waals surface area contributed by atoms with Crippen molar-refractivity contribution in [2.75, 3.05) is 6.54 Å².